The van der Waals surface area contributed by atoms with Crippen molar-refractivity contribution in [2.45, 2.75) is 32.2 Å². The van der Waals surface area contributed by atoms with Crippen molar-refractivity contribution in [3.8, 4) is 0 Å². The van der Waals surface area contributed by atoms with Crippen LogP contribution in [0, 0.1) is 12.8 Å². The minimum atomic E-state index is -0.315. The van der Waals surface area contributed by atoms with Gasteiger partial charge in [-0.05, 0) is 44.2 Å². The zero-order chi connectivity index (χ0) is 13.3. The number of benzene rings is 1. The van der Waals surface area contributed by atoms with Crippen molar-refractivity contribution < 1.29 is 4.79 Å². The average Bonchev–Trinajstić information content (AvgIpc) is 3.16. The van der Waals surface area contributed by atoms with E-state index in [2.05, 4.69) is 5.32 Å². The van der Waals surface area contributed by atoms with Gasteiger partial charge in [0.15, 0.2) is 0 Å². The van der Waals surface area contributed by atoms with Crippen molar-refractivity contribution in [1.82, 2.24) is 5.32 Å². The van der Waals surface area contributed by atoms with Gasteiger partial charge in [0.2, 0.25) is 0 Å². The van der Waals surface area contributed by atoms with Crippen molar-refractivity contribution in [1.29, 1.82) is 0 Å². The molecule has 1 amide bonds. The van der Waals surface area contributed by atoms with Crippen molar-refractivity contribution in [2.75, 3.05) is 6.54 Å². The Hall–Kier alpha value is -0.770. The summed E-state index contributed by atoms with van der Waals surface area (Å²) >= 11 is 6.16. The normalized spacial score (nSPS) is 17.3. The molecule has 1 atom stereocenters. The summed E-state index contributed by atoms with van der Waals surface area (Å²) in [6.07, 6.45) is 2.27. The van der Waals surface area contributed by atoms with Crippen LogP contribution in [-0.2, 0) is 0 Å². The maximum atomic E-state index is 12.3. The molecule has 3 nitrogen and oxygen atoms in total. The van der Waals surface area contributed by atoms with Gasteiger partial charge in [-0.25, -0.2) is 0 Å². The predicted molar refractivity (Wildman–Crippen MR) is 81.1 cm³/mol. The first-order chi connectivity index (χ1) is 8.48. The van der Waals surface area contributed by atoms with E-state index in [1.807, 2.05) is 26.0 Å². The summed E-state index contributed by atoms with van der Waals surface area (Å²) in [7, 11) is 0. The van der Waals surface area contributed by atoms with Crippen molar-refractivity contribution in [3.63, 3.8) is 0 Å². The Kier molecular flexibility index (Phi) is 5.25. The van der Waals surface area contributed by atoms with E-state index in [-0.39, 0.29) is 23.9 Å². The molecule has 1 fully saturated rings. The quantitative estimate of drug-likeness (QED) is 0.898. The Bertz CT molecular complexity index is 475. The van der Waals surface area contributed by atoms with Crippen LogP contribution in [0.3, 0.4) is 0 Å². The molecule has 3 N–H and O–H groups in total. The van der Waals surface area contributed by atoms with Gasteiger partial charge in [0.05, 0.1) is 16.1 Å². The fourth-order valence-electron chi connectivity index (χ4n) is 2.19. The Morgan fingerprint density at radius 2 is 2.16 bits per heavy atom. The summed E-state index contributed by atoms with van der Waals surface area (Å²) in [5, 5.41) is 3.56. The second-order valence-corrected chi connectivity index (χ2v) is 5.66. The third-order valence-corrected chi connectivity index (χ3v) is 4.24. The van der Waals surface area contributed by atoms with E-state index >= 15 is 0 Å². The predicted octanol–water partition coefficient (Wildman–Crippen LogP) is 2.93. The van der Waals surface area contributed by atoms with Crippen molar-refractivity contribution in [3.05, 3.63) is 34.3 Å². The number of nitrogens with one attached hydrogen (secondary N) is 1. The van der Waals surface area contributed by atoms with Crippen LogP contribution in [0.2, 0.25) is 5.02 Å². The van der Waals surface area contributed by atoms with Crippen LogP contribution in [0.25, 0.3) is 0 Å². The number of hydrogen-bond donors (Lipinski definition) is 2. The Morgan fingerprint density at radius 3 is 2.68 bits per heavy atom. The monoisotopic (exact) mass is 302 g/mol. The maximum absolute atomic E-state index is 12.3. The van der Waals surface area contributed by atoms with E-state index in [4.69, 9.17) is 17.3 Å². The third-order valence-electron chi connectivity index (χ3n) is 3.74. The van der Waals surface area contributed by atoms with E-state index in [1.165, 1.54) is 0 Å². The second kappa shape index (κ2) is 6.12. The molecule has 1 aliphatic carbocycles. The number of rotatable bonds is 4. The standard InChI is InChI=1S/C14H19ClN2O.ClH/c1-9-4-3-5-11(12(9)15)13(18)17-14(2,8-16)10-6-7-10;/h3-5,10H,6-8,16H2,1-2H3,(H,17,18);1H. The number of hydrogen-bond acceptors (Lipinski definition) is 2. The molecule has 1 aromatic carbocycles. The highest BCUT2D eigenvalue weighted by Gasteiger charge is 2.41. The molecule has 0 heterocycles. The van der Waals surface area contributed by atoms with Gasteiger partial charge in [0.25, 0.3) is 5.91 Å². The van der Waals surface area contributed by atoms with Gasteiger partial charge >= 0.3 is 0 Å². The summed E-state index contributed by atoms with van der Waals surface area (Å²) in [6, 6.07) is 5.48. The molecule has 106 valence electrons. The van der Waals surface area contributed by atoms with Crippen LogP contribution in [0.15, 0.2) is 18.2 Å². The van der Waals surface area contributed by atoms with E-state index in [0.717, 1.165) is 18.4 Å². The zero-order valence-corrected chi connectivity index (χ0v) is 12.8. The maximum Gasteiger partial charge on any atom is 0.253 e. The lowest BCUT2D eigenvalue weighted by atomic mass is 9.95. The summed E-state index contributed by atoms with van der Waals surface area (Å²) < 4.78 is 0. The van der Waals surface area contributed by atoms with Crippen LogP contribution in [-0.4, -0.2) is 18.0 Å². The Balaban J connectivity index is 0.00000180. The molecule has 1 aromatic rings. The first-order valence-electron chi connectivity index (χ1n) is 6.25. The highest BCUT2D eigenvalue weighted by molar-refractivity contribution is 6.34. The largest absolute Gasteiger partial charge is 0.345 e. The molecule has 0 radical (unpaired) electrons. The lowest BCUT2D eigenvalue weighted by Crippen LogP contribution is -2.53. The highest BCUT2D eigenvalue weighted by atomic mass is 35.5. The molecule has 0 aromatic heterocycles. The number of aryl methyl sites for hydroxylation is 1. The van der Waals surface area contributed by atoms with Gasteiger partial charge in [-0.3, -0.25) is 4.79 Å². The number of halogens is 2. The van der Waals surface area contributed by atoms with Crippen molar-refractivity contribution in [2.24, 2.45) is 11.7 Å². The molecule has 19 heavy (non-hydrogen) atoms. The number of carbonyl (C=O) groups is 1. The lowest BCUT2D eigenvalue weighted by molar-refractivity contribution is 0.0898. The summed E-state index contributed by atoms with van der Waals surface area (Å²) in [5.74, 6) is 0.360. The fourth-order valence-corrected chi connectivity index (χ4v) is 2.40. The smallest absolute Gasteiger partial charge is 0.253 e. The summed E-state index contributed by atoms with van der Waals surface area (Å²) in [6.45, 7) is 4.35. The SMILES string of the molecule is Cc1cccc(C(=O)NC(C)(CN)C2CC2)c1Cl.Cl. The second-order valence-electron chi connectivity index (χ2n) is 5.29. The van der Waals surface area contributed by atoms with E-state index in [9.17, 15) is 4.79 Å². The van der Waals surface area contributed by atoms with Crippen LogP contribution in [0.4, 0.5) is 0 Å². The van der Waals surface area contributed by atoms with E-state index in [1.54, 1.807) is 6.07 Å². The number of carbonyl (C=O) groups excluding carboxylic acids is 1. The molecule has 5 heteroatoms. The minimum absolute atomic E-state index is 0. The van der Waals surface area contributed by atoms with Crippen LogP contribution >= 0.6 is 24.0 Å². The molecule has 0 aliphatic heterocycles. The first-order valence-corrected chi connectivity index (χ1v) is 6.63. The molecule has 1 unspecified atom stereocenters. The molecule has 2 rings (SSSR count). The third kappa shape index (κ3) is 3.41. The molecular weight excluding hydrogens is 283 g/mol. The van der Waals surface area contributed by atoms with Gasteiger partial charge in [-0.1, -0.05) is 23.7 Å². The van der Waals surface area contributed by atoms with E-state index < -0.39 is 0 Å². The fraction of sp³-hybridized carbons (Fsp3) is 0.500. The molecule has 1 saturated carbocycles. The zero-order valence-electron chi connectivity index (χ0n) is 11.2. The average molecular weight is 303 g/mol. The summed E-state index contributed by atoms with van der Waals surface area (Å²) in [5.41, 5.74) is 6.91. The van der Waals surface area contributed by atoms with Gasteiger partial charge in [0.1, 0.15) is 0 Å². The van der Waals surface area contributed by atoms with Crippen LogP contribution in [0.5, 0.6) is 0 Å². The van der Waals surface area contributed by atoms with Gasteiger partial charge in [0, 0.05) is 6.54 Å². The number of amides is 1. The lowest BCUT2D eigenvalue weighted by Gasteiger charge is -2.29. The molecular formula is C14H20Cl2N2O. The first kappa shape index (κ1) is 16.3. The Labute approximate surface area is 125 Å². The van der Waals surface area contributed by atoms with Gasteiger partial charge in [-0.2, -0.15) is 0 Å². The Morgan fingerprint density at radius 1 is 1.53 bits per heavy atom. The van der Waals surface area contributed by atoms with Gasteiger partial charge in [-0.15, -0.1) is 12.4 Å². The summed E-state index contributed by atoms with van der Waals surface area (Å²) in [4.78, 5) is 12.3. The molecule has 1 aliphatic rings. The van der Waals surface area contributed by atoms with E-state index in [0.29, 0.717) is 23.0 Å². The minimum Gasteiger partial charge on any atom is -0.345 e. The highest BCUT2D eigenvalue weighted by Crippen LogP contribution is 2.39. The van der Waals surface area contributed by atoms with Gasteiger partial charge < -0.3 is 11.1 Å². The molecule has 0 bridgehead atoms. The molecule has 0 spiro atoms. The topological polar surface area (TPSA) is 55.1 Å². The van der Waals surface area contributed by atoms with Crippen molar-refractivity contribution >= 4 is 29.9 Å². The van der Waals surface area contributed by atoms with Crippen LogP contribution < -0.4 is 11.1 Å². The molecule has 0 saturated heterocycles. The number of nitrogens with two attached hydrogens (primary N) is 1. The van der Waals surface area contributed by atoms with Crippen LogP contribution in [0.1, 0.15) is 35.7 Å².